The summed E-state index contributed by atoms with van der Waals surface area (Å²) in [5, 5.41) is 0. The molecule has 0 fully saturated rings. The number of esters is 1. The summed E-state index contributed by atoms with van der Waals surface area (Å²) in [4.78, 5) is 22.5. The van der Waals surface area contributed by atoms with Gasteiger partial charge in [-0.2, -0.15) is 8.42 Å². The Kier molecular flexibility index (Phi) is 4.66. The number of rotatable bonds is 5. The molecule has 6 nitrogen and oxygen atoms in total. The van der Waals surface area contributed by atoms with Gasteiger partial charge in [-0.1, -0.05) is 18.2 Å². The Morgan fingerprint density at radius 1 is 1.16 bits per heavy atom. The van der Waals surface area contributed by atoms with E-state index in [1.54, 1.807) is 12.1 Å². The highest BCUT2D eigenvalue weighted by molar-refractivity contribution is 7.86. The van der Waals surface area contributed by atoms with Crippen molar-refractivity contribution < 1.29 is 26.9 Å². The zero-order valence-electron chi connectivity index (χ0n) is 10.7. The highest BCUT2D eigenvalue weighted by Crippen LogP contribution is 2.29. The summed E-state index contributed by atoms with van der Waals surface area (Å²) in [6, 6.07) is 5.99. The van der Waals surface area contributed by atoms with Gasteiger partial charge in [-0.3, -0.25) is 9.59 Å². The van der Waals surface area contributed by atoms with Crippen molar-refractivity contribution in [2.75, 3.05) is 6.26 Å². The Bertz CT molecular complexity index is 590. The SMILES string of the molecule is CC(=O)OC(C(C)=O)c1ccccc1OS(C)(=O)=O. The first-order valence-electron chi connectivity index (χ1n) is 5.37. The van der Waals surface area contributed by atoms with Crippen molar-refractivity contribution >= 4 is 21.9 Å². The number of hydrogen-bond donors (Lipinski definition) is 0. The Hall–Kier alpha value is -1.89. The Labute approximate surface area is 111 Å². The van der Waals surface area contributed by atoms with Gasteiger partial charge in [-0.15, -0.1) is 0 Å². The monoisotopic (exact) mass is 286 g/mol. The molecule has 0 spiro atoms. The van der Waals surface area contributed by atoms with Crippen LogP contribution in [0, 0.1) is 0 Å². The molecule has 0 heterocycles. The first-order valence-corrected chi connectivity index (χ1v) is 7.18. The lowest BCUT2D eigenvalue weighted by molar-refractivity contribution is -0.152. The molecule has 1 aromatic carbocycles. The normalized spacial score (nSPS) is 12.6. The summed E-state index contributed by atoms with van der Waals surface area (Å²) >= 11 is 0. The highest BCUT2D eigenvalue weighted by Gasteiger charge is 2.24. The maximum atomic E-state index is 11.5. The lowest BCUT2D eigenvalue weighted by atomic mass is 10.1. The number of carbonyl (C=O) groups excluding carboxylic acids is 2. The molecule has 1 atom stereocenters. The number of ether oxygens (including phenoxy) is 1. The Balaban J connectivity index is 3.23. The summed E-state index contributed by atoms with van der Waals surface area (Å²) in [7, 11) is -3.74. The molecule has 1 rings (SSSR count). The molecule has 0 aliphatic heterocycles. The van der Waals surface area contributed by atoms with Crippen molar-refractivity contribution in [2.45, 2.75) is 20.0 Å². The van der Waals surface area contributed by atoms with Crippen LogP contribution in [0.3, 0.4) is 0 Å². The minimum absolute atomic E-state index is 0.0357. The van der Waals surface area contributed by atoms with Gasteiger partial charge in [-0.25, -0.2) is 0 Å². The van der Waals surface area contributed by atoms with E-state index in [4.69, 9.17) is 8.92 Å². The van der Waals surface area contributed by atoms with E-state index in [0.717, 1.165) is 13.2 Å². The molecule has 0 N–H and O–H groups in total. The molecule has 19 heavy (non-hydrogen) atoms. The lowest BCUT2D eigenvalue weighted by Gasteiger charge is -2.17. The van der Waals surface area contributed by atoms with Crippen LogP contribution in [0.25, 0.3) is 0 Å². The van der Waals surface area contributed by atoms with Crippen molar-refractivity contribution in [1.29, 1.82) is 0 Å². The molecule has 1 unspecified atom stereocenters. The van der Waals surface area contributed by atoms with Crippen LogP contribution >= 0.6 is 0 Å². The van der Waals surface area contributed by atoms with Crippen molar-refractivity contribution in [3.63, 3.8) is 0 Å². The number of para-hydroxylation sites is 1. The van der Waals surface area contributed by atoms with E-state index in [0.29, 0.717) is 0 Å². The van der Waals surface area contributed by atoms with Gasteiger partial charge in [0.1, 0.15) is 5.75 Å². The second kappa shape index (κ2) is 5.83. The first kappa shape index (κ1) is 15.2. The topological polar surface area (TPSA) is 86.7 Å². The Morgan fingerprint density at radius 2 is 1.74 bits per heavy atom. The van der Waals surface area contributed by atoms with Crippen LogP contribution in [0.1, 0.15) is 25.5 Å². The van der Waals surface area contributed by atoms with E-state index in [1.165, 1.54) is 19.1 Å². The number of carbonyl (C=O) groups is 2. The maximum Gasteiger partial charge on any atom is 0.306 e. The third kappa shape index (κ3) is 4.70. The molecule has 0 aliphatic carbocycles. The molecule has 1 aromatic rings. The van der Waals surface area contributed by atoms with Gasteiger partial charge in [0.05, 0.1) is 6.26 Å². The summed E-state index contributed by atoms with van der Waals surface area (Å²) in [5.41, 5.74) is 0.190. The molecular formula is C12H14O6S. The van der Waals surface area contributed by atoms with Crippen LogP contribution in [-0.2, 0) is 24.4 Å². The Morgan fingerprint density at radius 3 is 2.21 bits per heavy atom. The molecule has 0 saturated heterocycles. The number of Topliss-reactive ketones (excluding diaryl/α,β-unsaturated/α-hetero) is 1. The smallest absolute Gasteiger partial charge is 0.306 e. The second-order valence-corrected chi connectivity index (χ2v) is 5.50. The lowest BCUT2D eigenvalue weighted by Crippen LogP contribution is -2.18. The summed E-state index contributed by atoms with van der Waals surface area (Å²) in [5.74, 6) is -1.11. The summed E-state index contributed by atoms with van der Waals surface area (Å²) in [6.07, 6.45) is -0.297. The second-order valence-electron chi connectivity index (χ2n) is 3.93. The van der Waals surface area contributed by atoms with Gasteiger partial charge in [0.25, 0.3) is 0 Å². The molecule has 0 bridgehead atoms. The summed E-state index contributed by atoms with van der Waals surface area (Å²) < 4.78 is 32.0. The highest BCUT2D eigenvalue weighted by atomic mass is 32.2. The van der Waals surface area contributed by atoms with Crippen molar-refractivity contribution in [3.05, 3.63) is 29.8 Å². The van der Waals surface area contributed by atoms with Gasteiger partial charge < -0.3 is 8.92 Å². The minimum Gasteiger partial charge on any atom is -0.449 e. The van der Waals surface area contributed by atoms with Gasteiger partial charge in [0, 0.05) is 12.5 Å². The average Bonchev–Trinajstić information content (AvgIpc) is 2.24. The van der Waals surface area contributed by atoms with Crippen LogP contribution in [0.5, 0.6) is 5.75 Å². The summed E-state index contributed by atoms with van der Waals surface area (Å²) in [6.45, 7) is 2.40. The molecule has 0 aliphatic rings. The molecule has 104 valence electrons. The number of ketones is 1. The number of benzene rings is 1. The van der Waals surface area contributed by atoms with E-state index >= 15 is 0 Å². The van der Waals surface area contributed by atoms with Gasteiger partial charge in [0.15, 0.2) is 11.9 Å². The van der Waals surface area contributed by atoms with E-state index in [9.17, 15) is 18.0 Å². The van der Waals surface area contributed by atoms with Crippen molar-refractivity contribution in [1.82, 2.24) is 0 Å². The van der Waals surface area contributed by atoms with Crippen LogP contribution in [0.15, 0.2) is 24.3 Å². The average molecular weight is 286 g/mol. The third-order valence-electron chi connectivity index (χ3n) is 2.10. The van der Waals surface area contributed by atoms with Crippen LogP contribution in [0.4, 0.5) is 0 Å². The maximum absolute atomic E-state index is 11.5. The quantitative estimate of drug-likeness (QED) is 0.597. The zero-order chi connectivity index (χ0) is 14.6. The van der Waals surface area contributed by atoms with Crippen LogP contribution in [0.2, 0.25) is 0 Å². The predicted octanol–water partition coefficient (Wildman–Crippen LogP) is 1.22. The van der Waals surface area contributed by atoms with E-state index in [-0.39, 0.29) is 11.3 Å². The third-order valence-corrected chi connectivity index (χ3v) is 2.58. The largest absolute Gasteiger partial charge is 0.449 e. The van der Waals surface area contributed by atoms with Crippen molar-refractivity contribution in [3.8, 4) is 5.75 Å². The molecule has 0 aromatic heterocycles. The van der Waals surface area contributed by atoms with E-state index in [1.807, 2.05) is 0 Å². The van der Waals surface area contributed by atoms with Crippen LogP contribution < -0.4 is 4.18 Å². The first-order chi connectivity index (χ1) is 8.70. The standard InChI is InChI=1S/C12H14O6S/c1-8(13)12(17-9(2)14)10-6-4-5-7-11(10)18-19(3,15)16/h4-7,12H,1-3H3. The van der Waals surface area contributed by atoms with Gasteiger partial charge in [0.2, 0.25) is 0 Å². The molecular weight excluding hydrogens is 272 g/mol. The van der Waals surface area contributed by atoms with Crippen molar-refractivity contribution in [2.24, 2.45) is 0 Å². The molecule has 0 amide bonds. The molecule has 0 saturated carbocycles. The fourth-order valence-corrected chi connectivity index (χ4v) is 1.95. The number of hydrogen-bond acceptors (Lipinski definition) is 6. The van der Waals surface area contributed by atoms with Crippen LogP contribution in [-0.4, -0.2) is 26.4 Å². The van der Waals surface area contributed by atoms with E-state index < -0.39 is 28.0 Å². The fourth-order valence-electron chi connectivity index (χ4n) is 1.47. The minimum atomic E-state index is -3.74. The van der Waals surface area contributed by atoms with Gasteiger partial charge in [-0.05, 0) is 13.0 Å². The predicted molar refractivity (Wildman–Crippen MR) is 67.1 cm³/mol. The molecule has 0 radical (unpaired) electrons. The van der Waals surface area contributed by atoms with Gasteiger partial charge >= 0.3 is 16.1 Å². The van der Waals surface area contributed by atoms with E-state index in [2.05, 4.69) is 0 Å². The fraction of sp³-hybridized carbons (Fsp3) is 0.333. The molecule has 7 heteroatoms. The zero-order valence-corrected chi connectivity index (χ0v) is 11.6.